The van der Waals surface area contributed by atoms with Gasteiger partial charge < -0.3 is 15.3 Å². The number of benzene rings is 1. The highest BCUT2D eigenvalue weighted by molar-refractivity contribution is 6.31. The van der Waals surface area contributed by atoms with Crippen molar-refractivity contribution in [3.05, 3.63) is 40.9 Å². The van der Waals surface area contributed by atoms with Crippen molar-refractivity contribution in [2.75, 3.05) is 18.4 Å². The van der Waals surface area contributed by atoms with E-state index < -0.39 is 5.97 Å². The van der Waals surface area contributed by atoms with Crippen LogP contribution < -0.4 is 5.32 Å². The van der Waals surface area contributed by atoms with Crippen molar-refractivity contribution in [3.8, 4) is 0 Å². The van der Waals surface area contributed by atoms with Crippen molar-refractivity contribution in [2.45, 2.75) is 6.42 Å². The van der Waals surface area contributed by atoms with E-state index in [1.165, 1.54) is 18.2 Å². The van der Waals surface area contributed by atoms with Gasteiger partial charge >= 0.3 is 12.0 Å². The Labute approximate surface area is 115 Å². The van der Waals surface area contributed by atoms with E-state index in [9.17, 15) is 9.59 Å². The molecule has 1 aromatic carbocycles. The number of rotatable bonds is 2. The highest BCUT2D eigenvalue weighted by Gasteiger charge is 2.15. The Hall–Kier alpha value is -2.01. The van der Waals surface area contributed by atoms with E-state index in [-0.39, 0.29) is 16.6 Å². The Morgan fingerprint density at radius 2 is 2.05 bits per heavy atom. The van der Waals surface area contributed by atoms with Gasteiger partial charge in [0.2, 0.25) is 0 Å². The Balaban J connectivity index is 2.12. The molecule has 1 aromatic rings. The number of carbonyl (C=O) groups excluding carboxylic acids is 1. The summed E-state index contributed by atoms with van der Waals surface area (Å²) in [5.41, 5.74) is 0.422. The molecule has 0 fully saturated rings. The lowest BCUT2D eigenvalue weighted by atomic mass is 10.2. The van der Waals surface area contributed by atoms with Gasteiger partial charge in [-0.1, -0.05) is 23.8 Å². The lowest BCUT2D eigenvalue weighted by molar-refractivity contribution is 0.0697. The minimum absolute atomic E-state index is 0.0429. The summed E-state index contributed by atoms with van der Waals surface area (Å²) in [6.07, 6.45) is 4.76. The second-order valence-electron chi connectivity index (χ2n) is 4.17. The molecule has 2 amide bonds. The molecular weight excluding hydrogens is 268 g/mol. The number of hydrogen-bond acceptors (Lipinski definition) is 2. The zero-order valence-electron chi connectivity index (χ0n) is 10.1. The number of carboxylic acids is 1. The fourth-order valence-corrected chi connectivity index (χ4v) is 2.05. The summed E-state index contributed by atoms with van der Waals surface area (Å²) in [6, 6.07) is 3.98. The van der Waals surface area contributed by atoms with E-state index in [1.54, 1.807) is 4.90 Å². The molecular formula is C13H13ClN2O3. The first-order valence-corrected chi connectivity index (χ1v) is 6.19. The zero-order chi connectivity index (χ0) is 13.8. The molecule has 0 unspecified atom stereocenters. The van der Waals surface area contributed by atoms with Gasteiger partial charge in [-0.25, -0.2) is 9.59 Å². The minimum atomic E-state index is -1.08. The third-order valence-electron chi connectivity index (χ3n) is 2.74. The highest BCUT2D eigenvalue weighted by atomic mass is 35.5. The predicted octanol–water partition coefficient (Wildman–Crippen LogP) is 2.83. The van der Waals surface area contributed by atoms with E-state index in [0.29, 0.717) is 18.8 Å². The van der Waals surface area contributed by atoms with Crippen molar-refractivity contribution in [1.29, 1.82) is 0 Å². The second-order valence-corrected chi connectivity index (χ2v) is 4.61. The molecule has 0 spiro atoms. The molecule has 100 valence electrons. The first-order chi connectivity index (χ1) is 9.06. The van der Waals surface area contributed by atoms with Gasteiger partial charge in [-0.3, -0.25) is 0 Å². The second kappa shape index (κ2) is 5.75. The molecule has 0 saturated heterocycles. The lowest BCUT2D eigenvalue weighted by Crippen LogP contribution is -2.37. The maximum absolute atomic E-state index is 12.0. The minimum Gasteiger partial charge on any atom is -0.478 e. The van der Waals surface area contributed by atoms with E-state index in [4.69, 9.17) is 16.7 Å². The van der Waals surface area contributed by atoms with Gasteiger partial charge in [0.05, 0.1) is 5.56 Å². The van der Waals surface area contributed by atoms with Crippen LogP contribution in [-0.4, -0.2) is 35.1 Å². The number of nitrogens with one attached hydrogen (secondary N) is 1. The van der Waals surface area contributed by atoms with Crippen LogP contribution in [0.15, 0.2) is 30.4 Å². The molecule has 0 bridgehead atoms. The highest BCUT2D eigenvalue weighted by Crippen LogP contribution is 2.19. The molecule has 2 N–H and O–H groups in total. The van der Waals surface area contributed by atoms with Gasteiger partial charge in [0, 0.05) is 23.8 Å². The SMILES string of the molecule is O=C(O)c1cc(Cl)cc(NC(=O)N2CC=CCC2)c1. The molecule has 0 aliphatic carbocycles. The van der Waals surface area contributed by atoms with E-state index in [0.717, 1.165) is 6.42 Å². The average molecular weight is 281 g/mol. The number of halogens is 1. The maximum Gasteiger partial charge on any atom is 0.335 e. The number of carbonyl (C=O) groups is 2. The first kappa shape index (κ1) is 13.4. The molecule has 0 atom stereocenters. The number of amides is 2. The number of urea groups is 1. The van der Waals surface area contributed by atoms with Crippen LogP contribution in [0.3, 0.4) is 0 Å². The third kappa shape index (κ3) is 3.48. The molecule has 5 nitrogen and oxygen atoms in total. The quantitative estimate of drug-likeness (QED) is 0.819. The molecule has 6 heteroatoms. The molecule has 1 aliphatic heterocycles. The first-order valence-electron chi connectivity index (χ1n) is 5.81. The summed E-state index contributed by atoms with van der Waals surface area (Å²) in [4.78, 5) is 24.5. The van der Waals surface area contributed by atoms with Gasteiger partial charge in [-0.05, 0) is 24.6 Å². The van der Waals surface area contributed by atoms with Crippen LogP contribution in [0.4, 0.5) is 10.5 Å². The van der Waals surface area contributed by atoms with Crippen molar-refractivity contribution < 1.29 is 14.7 Å². The van der Waals surface area contributed by atoms with Crippen molar-refractivity contribution in [3.63, 3.8) is 0 Å². The smallest absolute Gasteiger partial charge is 0.335 e. The summed E-state index contributed by atoms with van der Waals surface area (Å²) in [7, 11) is 0. The van der Waals surface area contributed by atoms with Crippen LogP contribution in [0.2, 0.25) is 5.02 Å². The lowest BCUT2D eigenvalue weighted by Gasteiger charge is -2.23. The van der Waals surface area contributed by atoms with Crippen LogP contribution in [0, 0.1) is 0 Å². The Morgan fingerprint density at radius 1 is 1.26 bits per heavy atom. The van der Waals surface area contributed by atoms with Gasteiger partial charge in [0.1, 0.15) is 0 Å². The number of aromatic carboxylic acids is 1. The summed E-state index contributed by atoms with van der Waals surface area (Å²) in [5, 5.41) is 11.9. The van der Waals surface area contributed by atoms with Crippen LogP contribution in [0.25, 0.3) is 0 Å². The normalized spacial score (nSPS) is 14.3. The Bertz CT molecular complexity index is 543. The third-order valence-corrected chi connectivity index (χ3v) is 2.96. The van der Waals surface area contributed by atoms with Gasteiger partial charge in [0.15, 0.2) is 0 Å². The van der Waals surface area contributed by atoms with E-state index >= 15 is 0 Å². The summed E-state index contributed by atoms with van der Waals surface area (Å²) in [5.74, 6) is -1.08. The summed E-state index contributed by atoms with van der Waals surface area (Å²) < 4.78 is 0. The van der Waals surface area contributed by atoms with Crippen LogP contribution in [-0.2, 0) is 0 Å². The topological polar surface area (TPSA) is 69.6 Å². The molecule has 0 saturated carbocycles. The summed E-state index contributed by atoms with van der Waals surface area (Å²) in [6.45, 7) is 1.20. The molecule has 1 heterocycles. The average Bonchev–Trinajstić information content (AvgIpc) is 2.39. The number of nitrogens with zero attached hydrogens (tertiary/aromatic N) is 1. The number of carboxylic acid groups (broad SMARTS) is 1. The van der Waals surface area contributed by atoms with Crippen molar-refractivity contribution in [2.24, 2.45) is 0 Å². The molecule has 0 aromatic heterocycles. The van der Waals surface area contributed by atoms with Crippen molar-refractivity contribution >= 4 is 29.3 Å². The largest absolute Gasteiger partial charge is 0.478 e. The van der Waals surface area contributed by atoms with Crippen LogP contribution >= 0.6 is 11.6 Å². The van der Waals surface area contributed by atoms with E-state index in [1.807, 2.05) is 12.2 Å². The molecule has 1 aliphatic rings. The zero-order valence-corrected chi connectivity index (χ0v) is 10.9. The fraction of sp³-hybridized carbons (Fsp3) is 0.231. The monoisotopic (exact) mass is 280 g/mol. The Morgan fingerprint density at radius 3 is 2.68 bits per heavy atom. The fourth-order valence-electron chi connectivity index (χ4n) is 1.81. The molecule has 0 radical (unpaired) electrons. The molecule has 19 heavy (non-hydrogen) atoms. The van der Waals surface area contributed by atoms with Gasteiger partial charge in [-0.2, -0.15) is 0 Å². The maximum atomic E-state index is 12.0. The van der Waals surface area contributed by atoms with Gasteiger partial charge in [-0.15, -0.1) is 0 Å². The number of anilines is 1. The Kier molecular flexibility index (Phi) is 4.06. The predicted molar refractivity (Wildman–Crippen MR) is 72.8 cm³/mol. The van der Waals surface area contributed by atoms with Gasteiger partial charge in [0.25, 0.3) is 0 Å². The summed E-state index contributed by atoms with van der Waals surface area (Å²) >= 11 is 5.82. The number of hydrogen-bond donors (Lipinski definition) is 2. The standard InChI is InChI=1S/C13H13ClN2O3/c14-10-6-9(12(17)18)7-11(8-10)15-13(19)16-4-2-1-3-5-16/h1-2,6-8H,3-5H2,(H,15,19)(H,17,18). The van der Waals surface area contributed by atoms with Crippen molar-refractivity contribution in [1.82, 2.24) is 4.90 Å². The molecule has 2 rings (SSSR count). The van der Waals surface area contributed by atoms with E-state index in [2.05, 4.69) is 5.32 Å². The van der Waals surface area contributed by atoms with Crippen LogP contribution in [0.1, 0.15) is 16.8 Å². The van der Waals surface area contributed by atoms with Crippen LogP contribution in [0.5, 0.6) is 0 Å².